The molecule has 0 unspecified atom stereocenters. The quantitative estimate of drug-likeness (QED) is 0.806. The highest BCUT2D eigenvalue weighted by atomic mass is 16.5. The Balaban J connectivity index is 2.55. The van der Waals surface area contributed by atoms with Crippen LogP contribution >= 0.6 is 0 Å². The van der Waals surface area contributed by atoms with Crippen LogP contribution in [0.15, 0.2) is 30.3 Å². The highest BCUT2D eigenvalue weighted by molar-refractivity contribution is 5.91. The van der Waals surface area contributed by atoms with Gasteiger partial charge in [-0.05, 0) is 43.5 Å². The fraction of sp³-hybridized carbons (Fsp3) is 0.333. The first-order valence-electron chi connectivity index (χ1n) is 6.16. The molecule has 2 aromatic rings. The number of benzene rings is 2. The number of ether oxygens (including phenoxy) is 3. The van der Waals surface area contributed by atoms with Gasteiger partial charge in [-0.25, -0.2) is 0 Å². The normalized spacial score (nSPS) is 10.4. The lowest BCUT2D eigenvalue weighted by molar-refractivity contribution is 0.315. The molecule has 0 spiro atoms. The third-order valence-electron chi connectivity index (χ3n) is 2.73. The molecule has 3 heteroatoms. The van der Waals surface area contributed by atoms with Gasteiger partial charge in [0.1, 0.15) is 5.75 Å². The van der Waals surface area contributed by atoms with Crippen LogP contribution in [0.3, 0.4) is 0 Å². The summed E-state index contributed by atoms with van der Waals surface area (Å²) in [6.07, 6.45) is 0. The second kappa shape index (κ2) is 5.63. The van der Waals surface area contributed by atoms with Crippen molar-refractivity contribution in [3.05, 3.63) is 30.3 Å². The van der Waals surface area contributed by atoms with Gasteiger partial charge in [-0.15, -0.1) is 0 Å². The minimum Gasteiger partial charge on any atom is -0.494 e. The number of methoxy groups -OCH3 is 1. The van der Waals surface area contributed by atoms with Crippen molar-refractivity contribution >= 4 is 10.8 Å². The number of hydrogen-bond donors (Lipinski definition) is 0. The van der Waals surface area contributed by atoms with Crippen LogP contribution < -0.4 is 14.2 Å². The third kappa shape index (κ3) is 2.35. The molecule has 18 heavy (non-hydrogen) atoms. The van der Waals surface area contributed by atoms with Crippen LogP contribution in [0, 0.1) is 0 Å². The van der Waals surface area contributed by atoms with Crippen molar-refractivity contribution in [2.24, 2.45) is 0 Å². The van der Waals surface area contributed by atoms with Crippen molar-refractivity contribution in [2.45, 2.75) is 13.8 Å². The number of rotatable bonds is 5. The zero-order chi connectivity index (χ0) is 13.0. The molecule has 0 radical (unpaired) electrons. The summed E-state index contributed by atoms with van der Waals surface area (Å²) >= 11 is 0. The summed E-state index contributed by atoms with van der Waals surface area (Å²) < 4.78 is 16.5. The Morgan fingerprint density at radius 2 is 1.72 bits per heavy atom. The van der Waals surface area contributed by atoms with E-state index < -0.39 is 0 Å². The van der Waals surface area contributed by atoms with Gasteiger partial charge in [-0.2, -0.15) is 0 Å². The van der Waals surface area contributed by atoms with E-state index in [1.807, 2.05) is 44.2 Å². The van der Waals surface area contributed by atoms with Crippen LogP contribution in [0.1, 0.15) is 13.8 Å². The number of fused-ring (bicyclic) bond motifs is 1. The maximum atomic E-state index is 5.68. The van der Waals surface area contributed by atoms with Gasteiger partial charge in [0, 0.05) is 5.39 Å². The van der Waals surface area contributed by atoms with E-state index in [9.17, 15) is 0 Å². The Kier molecular flexibility index (Phi) is 3.92. The first kappa shape index (κ1) is 12.6. The van der Waals surface area contributed by atoms with Gasteiger partial charge in [0.15, 0.2) is 11.5 Å². The molecular formula is C15H18O3. The van der Waals surface area contributed by atoms with E-state index >= 15 is 0 Å². The second-order valence-electron chi connectivity index (χ2n) is 3.85. The smallest absolute Gasteiger partial charge is 0.168 e. The van der Waals surface area contributed by atoms with Crippen molar-refractivity contribution < 1.29 is 14.2 Å². The lowest BCUT2D eigenvalue weighted by atomic mass is 10.1. The van der Waals surface area contributed by atoms with Crippen LogP contribution in [0.2, 0.25) is 0 Å². The average molecular weight is 246 g/mol. The molecule has 0 aliphatic rings. The van der Waals surface area contributed by atoms with E-state index in [-0.39, 0.29) is 0 Å². The fourth-order valence-electron chi connectivity index (χ4n) is 1.97. The first-order chi connectivity index (χ1) is 8.80. The lowest BCUT2D eigenvalue weighted by Crippen LogP contribution is -1.97. The summed E-state index contributed by atoms with van der Waals surface area (Å²) in [6, 6.07) is 9.91. The Hall–Kier alpha value is -1.90. The molecule has 0 saturated heterocycles. The van der Waals surface area contributed by atoms with E-state index in [1.165, 1.54) is 0 Å². The summed E-state index contributed by atoms with van der Waals surface area (Å²) in [5, 5.41) is 2.13. The molecule has 0 aliphatic carbocycles. The molecule has 0 bridgehead atoms. The highest BCUT2D eigenvalue weighted by Gasteiger charge is 2.09. The lowest BCUT2D eigenvalue weighted by Gasteiger charge is -2.13. The van der Waals surface area contributed by atoms with Crippen LogP contribution in [0.5, 0.6) is 17.2 Å². The minimum absolute atomic E-state index is 0.614. The largest absolute Gasteiger partial charge is 0.494 e. The van der Waals surface area contributed by atoms with Crippen LogP contribution in [0.25, 0.3) is 10.8 Å². The fourth-order valence-corrected chi connectivity index (χ4v) is 1.97. The molecule has 96 valence electrons. The van der Waals surface area contributed by atoms with E-state index in [0.717, 1.165) is 28.0 Å². The van der Waals surface area contributed by atoms with Gasteiger partial charge in [-0.1, -0.05) is 6.07 Å². The maximum absolute atomic E-state index is 5.68. The van der Waals surface area contributed by atoms with Crippen LogP contribution in [-0.4, -0.2) is 20.3 Å². The molecular weight excluding hydrogens is 228 g/mol. The Morgan fingerprint density at radius 3 is 2.39 bits per heavy atom. The predicted octanol–water partition coefficient (Wildman–Crippen LogP) is 3.65. The highest BCUT2D eigenvalue weighted by Crippen LogP contribution is 2.36. The summed E-state index contributed by atoms with van der Waals surface area (Å²) in [6.45, 7) is 5.22. The molecule has 2 rings (SSSR count). The minimum atomic E-state index is 0.614. The van der Waals surface area contributed by atoms with Crippen molar-refractivity contribution in [3.8, 4) is 17.2 Å². The van der Waals surface area contributed by atoms with E-state index in [0.29, 0.717) is 13.2 Å². The molecule has 0 aliphatic heterocycles. The standard InChI is InChI=1S/C15H18O3/c1-4-17-12-7-8-13-11(10-12)6-9-14(16-3)15(13)18-5-2/h6-10H,4-5H2,1-3H3. The SMILES string of the molecule is CCOc1ccc2c(OCC)c(OC)ccc2c1. The maximum Gasteiger partial charge on any atom is 0.168 e. The first-order valence-corrected chi connectivity index (χ1v) is 6.16. The zero-order valence-corrected chi connectivity index (χ0v) is 11.0. The Bertz CT molecular complexity index is 534. The Labute approximate surface area is 107 Å². The van der Waals surface area contributed by atoms with E-state index in [4.69, 9.17) is 14.2 Å². The van der Waals surface area contributed by atoms with Crippen molar-refractivity contribution in [1.29, 1.82) is 0 Å². The van der Waals surface area contributed by atoms with E-state index in [1.54, 1.807) is 7.11 Å². The topological polar surface area (TPSA) is 27.7 Å². The summed E-state index contributed by atoms with van der Waals surface area (Å²) in [4.78, 5) is 0. The van der Waals surface area contributed by atoms with Crippen LogP contribution in [-0.2, 0) is 0 Å². The summed E-state index contributed by atoms with van der Waals surface area (Å²) in [5.74, 6) is 2.42. The van der Waals surface area contributed by atoms with E-state index in [2.05, 4.69) is 0 Å². The third-order valence-corrected chi connectivity index (χ3v) is 2.73. The van der Waals surface area contributed by atoms with Crippen LogP contribution in [0.4, 0.5) is 0 Å². The average Bonchev–Trinajstić information content (AvgIpc) is 2.39. The molecule has 0 saturated carbocycles. The molecule has 0 atom stereocenters. The molecule has 2 aromatic carbocycles. The summed E-state index contributed by atoms with van der Waals surface area (Å²) in [5.41, 5.74) is 0. The van der Waals surface area contributed by atoms with Gasteiger partial charge in [0.2, 0.25) is 0 Å². The van der Waals surface area contributed by atoms with Gasteiger partial charge in [0.25, 0.3) is 0 Å². The molecule has 0 fully saturated rings. The summed E-state index contributed by atoms with van der Waals surface area (Å²) in [7, 11) is 1.65. The predicted molar refractivity (Wildman–Crippen MR) is 72.8 cm³/mol. The van der Waals surface area contributed by atoms with Crippen molar-refractivity contribution in [3.63, 3.8) is 0 Å². The molecule has 0 amide bonds. The van der Waals surface area contributed by atoms with Gasteiger partial charge < -0.3 is 14.2 Å². The molecule has 0 N–H and O–H groups in total. The molecule has 0 aromatic heterocycles. The van der Waals surface area contributed by atoms with Gasteiger partial charge in [0.05, 0.1) is 20.3 Å². The van der Waals surface area contributed by atoms with Gasteiger partial charge in [-0.3, -0.25) is 0 Å². The second-order valence-corrected chi connectivity index (χ2v) is 3.85. The number of hydrogen-bond acceptors (Lipinski definition) is 3. The molecule has 0 heterocycles. The zero-order valence-electron chi connectivity index (χ0n) is 11.0. The molecule has 3 nitrogen and oxygen atoms in total. The monoisotopic (exact) mass is 246 g/mol. The Morgan fingerprint density at radius 1 is 0.944 bits per heavy atom. The van der Waals surface area contributed by atoms with Gasteiger partial charge >= 0.3 is 0 Å². The van der Waals surface area contributed by atoms with Crippen molar-refractivity contribution in [2.75, 3.05) is 20.3 Å². The van der Waals surface area contributed by atoms with Crippen molar-refractivity contribution in [1.82, 2.24) is 0 Å².